The van der Waals surface area contributed by atoms with E-state index in [0.29, 0.717) is 0 Å². The molecule has 27 heavy (non-hydrogen) atoms. The van der Waals surface area contributed by atoms with Gasteiger partial charge in [-0.1, -0.05) is 0 Å². The Labute approximate surface area is 156 Å². The summed E-state index contributed by atoms with van der Waals surface area (Å²) < 4.78 is 44.2. The first-order valence-electron chi connectivity index (χ1n) is 8.54. The summed E-state index contributed by atoms with van der Waals surface area (Å²) in [7, 11) is 0. The molecule has 0 spiro atoms. The number of amides is 2. The highest BCUT2D eigenvalue weighted by atomic mass is 19.4. The molecule has 2 rings (SSSR count). The first kappa shape index (κ1) is 20.9. The maximum Gasteiger partial charge on any atom is 0.416 e. The topological polar surface area (TPSA) is 75.9 Å². The lowest BCUT2D eigenvalue weighted by Crippen LogP contribution is -2.56. The van der Waals surface area contributed by atoms with Crippen LogP contribution in [-0.4, -0.2) is 53.1 Å². The van der Waals surface area contributed by atoms with E-state index >= 15 is 0 Å². The van der Waals surface area contributed by atoms with E-state index in [-0.39, 0.29) is 36.9 Å². The van der Waals surface area contributed by atoms with E-state index in [4.69, 9.17) is 10.5 Å². The maximum absolute atomic E-state index is 13.0. The van der Waals surface area contributed by atoms with Crippen molar-refractivity contribution in [3.8, 4) is 0 Å². The molecule has 1 saturated heterocycles. The number of anilines is 1. The van der Waals surface area contributed by atoms with E-state index in [1.807, 2.05) is 0 Å². The third kappa shape index (κ3) is 5.27. The van der Waals surface area contributed by atoms with Crippen LogP contribution in [0.5, 0.6) is 0 Å². The Kier molecular flexibility index (Phi) is 5.63. The Morgan fingerprint density at radius 3 is 2.30 bits per heavy atom. The normalized spacial score (nSPS) is 18.4. The van der Waals surface area contributed by atoms with Crippen LogP contribution in [0.25, 0.3) is 0 Å². The molecule has 0 aliphatic carbocycles. The molecular weight excluding hydrogens is 363 g/mol. The number of ether oxygens (including phenoxy) is 1. The molecule has 6 nitrogen and oxygen atoms in total. The van der Waals surface area contributed by atoms with Crippen LogP contribution in [0.3, 0.4) is 0 Å². The molecule has 150 valence electrons. The van der Waals surface area contributed by atoms with Crippen molar-refractivity contribution >= 4 is 17.7 Å². The molecule has 1 aliphatic heterocycles. The standard InChI is InChI=1S/C18H24F3N3O3/c1-11-10-23(5-6-24(11)16(26)27-17(2,3)4)15(25)12-7-13(18(19,20)21)9-14(22)8-12/h7-9,11H,5-6,10,22H2,1-4H3/t11-/m1/s1. The van der Waals surface area contributed by atoms with Gasteiger partial charge in [-0.2, -0.15) is 13.2 Å². The predicted octanol–water partition coefficient (Wildman–Crippen LogP) is 3.37. The van der Waals surface area contributed by atoms with Crippen molar-refractivity contribution in [3.63, 3.8) is 0 Å². The number of nitrogens with two attached hydrogens (primary N) is 1. The second kappa shape index (κ2) is 7.28. The fourth-order valence-electron chi connectivity index (χ4n) is 2.86. The lowest BCUT2D eigenvalue weighted by atomic mass is 10.1. The summed E-state index contributed by atoms with van der Waals surface area (Å²) in [5.74, 6) is -0.552. The van der Waals surface area contributed by atoms with Gasteiger partial charge in [-0.15, -0.1) is 0 Å². The zero-order valence-corrected chi connectivity index (χ0v) is 15.8. The minimum absolute atomic E-state index is 0.125. The number of nitrogens with zero attached hydrogens (tertiary/aromatic N) is 2. The van der Waals surface area contributed by atoms with Crippen molar-refractivity contribution in [2.24, 2.45) is 0 Å². The largest absolute Gasteiger partial charge is 0.444 e. The van der Waals surface area contributed by atoms with E-state index < -0.39 is 29.3 Å². The lowest BCUT2D eigenvalue weighted by Gasteiger charge is -2.40. The first-order chi connectivity index (χ1) is 12.3. The van der Waals surface area contributed by atoms with E-state index in [1.54, 1.807) is 27.7 Å². The Hall–Kier alpha value is -2.45. The number of carbonyl (C=O) groups is 2. The fourth-order valence-corrected chi connectivity index (χ4v) is 2.86. The van der Waals surface area contributed by atoms with E-state index in [9.17, 15) is 22.8 Å². The van der Waals surface area contributed by atoms with Crippen molar-refractivity contribution in [3.05, 3.63) is 29.3 Å². The first-order valence-corrected chi connectivity index (χ1v) is 8.54. The Bertz CT molecular complexity index is 729. The van der Waals surface area contributed by atoms with Gasteiger partial charge in [0.05, 0.1) is 5.56 Å². The minimum atomic E-state index is -4.59. The number of nitrogen functional groups attached to an aromatic ring is 1. The summed E-state index contributed by atoms with van der Waals surface area (Å²) in [6, 6.07) is 2.48. The molecule has 1 aromatic carbocycles. The van der Waals surface area contributed by atoms with Gasteiger partial charge in [-0.3, -0.25) is 4.79 Å². The quantitative estimate of drug-likeness (QED) is 0.750. The van der Waals surface area contributed by atoms with Gasteiger partial charge in [0.15, 0.2) is 0 Å². The van der Waals surface area contributed by atoms with Gasteiger partial charge in [0.1, 0.15) is 5.60 Å². The lowest BCUT2D eigenvalue weighted by molar-refractivity contribution is -0.137. The molecule has 2 amide bonds. The van der Waals surface area contributed by atoms with E-state index in [1.165, 1.54) is 15.9 Å². The van der Waals surface area contributed by atoms with E-state index in [0.717, 1.165) is 12.1 Å². The van der Waals surface area contributed by atoms with Crippen molar-refractivity contribution < 1.29 is 27.5 Å². The number of rotatable bonds is 1. The van der Waals surface area contributed by atoms with Crippen molar-refractivity contribution in [2.45, 2.75) is 45.5 Å². The molecule has 1 aliphatic rings. The van der Waals surface area contributed by atoms with Gasteiger partial charge in [0.25, 0.3) is 5.91 Å². The molecule has 0 aromatic heterocycles. The van der Waals surface area contributed by atoms with Gasteiger partial charge in [-0.25, -0.2) is 4.79 Å². The number of carbonyl (C=O) groups excluding carboxylic acids is 2. The molecule has 1 atom stereocenters. The molecule has 0 saturated carbocycles. The number of alkyl halides is 3. The molecule has 0 bridgehead atoms. The predicted molar refractivity (Wildman–Crippen MR) is 94.2 cm³/mol. The second-order valence-corrected chi connectivity index (χ2v) is 7.62. The Balaban J connectivity index is 2.12. The zero-order chi connectivity index (χ0) is 20.6. The van der Waals surface area contributed by atoms with Crippen LogP contribution in [0.1, 0.15) is 43.6 Å². The van der Waals surface area contributed by atoms with Crippen LogP contribution in [0, 0.1) is 0 Å². The highest BCUT2D eigenvalue weighted by Crippen LogP contribution is 2.31. The molecule has 0 radical (unpaired) electrons. The molecule has 0 unspecified atom stereocenters. The van der Waals surface area contributed by atoms with Crippen LogP contribution in [0.4, 0.5) is 23.7 Å². The third-order valence-electron chi connectivity index (χ3n) is 4.07. The van der Waals surface area contributed by atoms with Gasteiger partial charge >= 0.3 is 12.3 Å². The van der Waals surface area contributed by atoms with Crippen molar-refractivity contribution in [1.82, 2.24) is 9.80 Å². The van der Waals surface area contributed by atoms with Crippen LogP contribution >= 0.6 is 0 Å². The number of hydrogen-bond acceptors (Lipinski definition) is 4. The average molecular weight is 387 g/mol. The molecular formula is C18H24F3N3O3. The SMILES string of the molecule is C[C@@H]1CN(C(=O)c2cc(N)cc(C(F)(F)F)c2)CCN1C(=O)OC(C)(C)C. The zero-order valence-electron chi connectivity index (χ0n) is 15.8. The summed E-state index contributed by atoms with van der Waals surface area (Å²) in [5.41, 5.74) is 3.67. The summed E-state index contributed by atoms with van der Waals surface area (Å²) in [6.45, 7) is 7.64. The minimum Gasteiger partial charge on any atom is -0.444 e. The third-order valence-corrected chi connectivity index (χ3v) is 4.07. The monoisotopic (exact) mass is 387 g/mol. The van der Waals surface area contributed by atoms with Gasteiger partial charge in [0, 0.05) is 36.9 Å². The van der Waals surface area contributed by atoms with Crippen LogP contribution in [-0.2, 0) is 10.9 Å². The molecule has 9 heteroatoms. The Morgan fingerprint density at radius 2 is 1.78 bits per heavy atom. The fraction of sp³-hybridized carbons (Fsp3) is 0.556. The highest BCUT2D eigenvalue weighted by molar-refractivity contribution is 5.95. The number of hydrogen-bond donors (Lipinski definition) is 1. The number of halogens is 3. The highest BCUT2D eigenvalue weighted by Gasteiger charge is 2.35. The van der Waals surface area contributed by atoms with Crippen LogP contribution in [0.15, 0.2) is 18.2 Å². The Morgan fingerprint density at radius 1 is 1.15 bits per heavy atom. The second-order valence-electron chi connectivity index (χ2n) is 7.62. The molecule has 1 heterocycles. The van der Waals surface area contributed by atoms with Crippen molar-refractivity contribution in [1.29, 1.82) is 0 Å². The number of benzene rings is 1. The summed E-state index contributed by atoms with van der Waals surface area (Å²) in [5, 5.41) is 0. The average Bonchev–Trinajstić information content (AvgIpc) is 2.50. The summed E-state index contributed by atoms with van der Waals surface area (Å²) in [4.78, 5) is 27.8. The van der Waals surface area contributed by atoms with Crippen LogP contribution < -0.4 is 5.73 Å². The van der Waals surface area contributed by atoms with Crippen LogP contribution in [0.2, 0.25) is 0 Å². The van der Waals surface area contributed by atoms with Gasteiger partial charge in [0.2, 0.25) is 0 Å². The van der Waals surface area contributed by atoms with E-state index in [2.05, 4.69) is 0 Å². The van der Waals surface area contributed by atoms with Gasteiger partial charge < -0.3 is 20.3 Å². The molecule has 1 fully saturated rings. The van der Waals surface area contributed by atoms with Gasteiger partial charge in [-0.05, 0) is 45.9 Å². The number of piperazine rings is 1. The maximum atomic E-state index is 13.0. The smallest absolute Gasteiger partial charge is 0.416 e. The van der Waals surface area contributed by atoms with Crippen molar-refractivity contribution in [2.75, 3.05) is 25.4 Å². The molecule has 1 aromatic rings. The summed E-state index contributed by atoms with van der Waals surface area (Å²) in [6.07, 6.45) is -5.07. The summed E-state index contributed by atoms with van der Waals surface area (Å²) >= 11 is 0. The molecule has 2 N–H and O–H groups in total.